The second kappa shape index (κ2) is 5.62. The van der Waals surface area contributed by atoms with Gasteiger partial charge in [0.2, 0.25) is 0 Å². The highest BCUT2D eigenvalue weighted by molar-refractivity contribution is 5.89. The van der Waals surface area contributed by atoms with E-state index in [1.165, 1.54) is 5.56 Å². The Kier molecular flexibility index (Phi) is 3.51. The van der Waals surface area contributed by atoms with Gasteiger partial charge in [-0.2, -0.15) is 0 Å². The summed E-state index contributed by atoms with van der Waals surface area (Å²) >= 11 is 0. The zero-order valence-corrected chi connectivity index (χ0v) is 11.2. The highest BCUT2D eigenvalue weighted by atomic mass is 16.3. The van der Waals surface area contributed by atoms with Crippen molar-refractivity contribution in [3.8, 4) is 5.75 Å². The normalized spacial score (nSPS) is 11.2. The van der Waals surface area contributed by atoms with Gasteiger partial charge in [0.15, 0.2) is 0 Å². The molecule has 1 heteroatoms. The minimum Gasteiger partial charge on any atom is -0.507 e. The molecule has 3 aromatic rings. The number of fused-ring (bicyclic) bond motifs is 1. The molecule has 0 unspecified atom stereocenters. The van der Waals surface area contributed by atoms with E-state index >= 15 is 0 Å². The number of allylic oxidation sites excluding steroid dienone is 1. The molecule has 0 radical (unpaired) electrons. The first-order valence-electron chi connectivity index (χ1n) is 6.76. The predicted octanol–water partition coefficient (Wildman–Crippen LogP) is 4.80. The highest BCUT2D eigenvalue weighted by Crippen LogP contribution is 2.29. The van der Waals surface area contributed by atoms with E-state index in [0.717, 1.165) is 22.8 Å². The second-order valence-electron chi connectivity index (χ2n) is 4.81. The summed E-state index contributed by atoms with van der Waals surface area (Å²) in [6.45, 7) is 0. The molecule has 0 fully saturated rings. The molecule has 20 heavy (non-hydrogen) atoms. The van der Waals surface area contributed by atoms with E-state index in [2.05, 4.69) is 30.4 Å². The molecule has 98 valence electrons. The first-order valence-corrected chi connectivity index (χ1v) is 6.76. The van der Waals surface area contributed by atoms with Crippen LogP contribution in [0.3, 0.4) is 0 Å². The summed E-state index contributed by atoms with van der Waals surface area (Å²) in [6, 6.07) is 22.1. The topological polar surface area (TPSA) is 20.2 Å². The summed E-state index contributed by atoms with van der Waals surface area (Å²) in [7, 11) is 0. The van der Waals surface area contributed by atoms with Gasteiger partial charge >= 0.3 is 0 Å². The van der Waals surface area contributed by atoms with E-state index in [1.54, 1.807) is 0 Å². The zero-order valence-electron chi connectivity index (χ0n) is 11.2. The maximum atomic E-state index is 10.3. The third-order valence-corrected chi connectivity index (χ3v) is 3.43. The standard InChI is InChI=1S/C19H16O/c20-19-17(11-6-9-15-7-2-1-3-8-15)14-13-16-10-4-5-12-18(16)19/h1-10,12-14,20H,11H2/b9-6+. The van der Waals surface area contributed by atoms with Crippen LogP contribution in [0.1, 0.15) is 11.1 Å². The molecule has 0 atom stereocenters. The number of phenolic OH excluding ortho intramolecular Hbond substituents is 1. The van der Waals surface area contributed by atoms with Crippen LogP contribution >= 0.6 is 0 Å². The minimum absolute atomic E-state index is 0.390. The van der Waals surface area contributed by atoms with E-state index in [9.17, 15) is 5.11 Å². The fourth-order valence-electron chi connectivity index (χ4n) is 2.35. The predicted molar refractivity (Wildman–Crippen MR) is 84.8 cm³/mol. The van der Waals surface area contributed by atoms with Gasteiger partial charge in [0, 0.05) is 5.39 Å². The molecule has 0 spiro atoms. The minimum atomic E-state index is 0.390. The lowest BCUT2D eigenvalue weighted by molar-refractivity contribution is 0.476. The number of rotatable bonds is 3. The molecular formula is C19H16O. The van der Waals surface area contributed by atoms with Crippen LogP contribution in [-0.4, -0.2) is 5.11 Å². The van der Waals surface area contributed by atoms with E-state index in [-0.39, 0.29) is 0 Å². The van der Waals surface area contributed by atoms with Gasteiger partial charge in [0.25, 0.3) is 0 Å². The molecule has 0 aliphatic carbocycles. The lowest BCUT2D eigenvalue weighted by Gasteiger charge is -2.05. The van der Waals surface area contributed by atoms with Gasteiger partial charge in [0.1, 0.15) is 5.75 Å². The van der Waals surface area contributed by atoms with Crippen LogP contribution in [0.25, 0.3) is 16.8 Å². The third-order valence-electron chi connectivity index (χ3n) is 3.43. The molecule has 0 aliphatic heterocycles. The summed E-state index contributed by atoms with van der Waals surface area (Å²) < 4.78 is 0. The average Bonchev–Trinajstić information content (AvgIpc) is 2.51. The summed E-state index contributed by atoms with van der Waals surface area (Å²) in [5.41, 5.74) is 2.13. The van der Waals surface area contributed by atoms with Crippen molar-refractivity contribution in [3.05, 3.63) is 83.9 Å². The van der Waals surface area contributed by atoms with Crippen LogP contribution < -0.4 is 0 Å². The van der Waals surface area contributed by atoms with Gasteiger partial charge in [-0.25, -0.2) is 0 Å². The number of hydrogen-bond acceptors (Lipinski definition) is 1. The third kappa shape index (κ3) is 2.57. The van der Waals surface area contributed by atoms with Crippen molar-refractivity contribution >= 4 is 16.8 Å². The van der Waals surface area contributed by atoms with E-state index in [4.69, 9.17) is 0 Å². The van der Waals surface area contributed by atoms with Gasteiger partial charge in [-0.15, -0.1) is 0 Å². The largest absolute Gasteiger partial charge is 0.507 e. The number of aromatic hydroxyl groups is 1. The van der Waals surface area contributed by atoms with E-state index in [0.29, 0.717) is 5.75 Å². The lowest BCUT2D eigenvalue weighted by atomic mass is 10.0. The van der Waals surface area contributed by atoms with Gasteiger partial charge in [-0.3, -0.25) is 0 Å². The molecule has 3 rings (SSSR count). The summed E-state index contributed by atoms with van der Waals surface area (Å²) in [5.74, 6) is 0.390. The molecule has 0 aliphatic rings. The van der Waals surface area contributed by atoms with Crippen LogP contribution in [0.2, 0.25) is 0 Å². The van der Waals surface area contributed by atoms with Gasteiger partial charge < -0.3 is 5.11 Å². The van der Waals surface area contributed by atoms with Gasteiger partial charge in [0.05, 0.1) is 0 Å². The number of hydrogen-bond donors (Lipinski definition) is 1. The molecule has 0 amide bonds. The fourth-order valence-corrected chi connectivity index (χ4v) is 2.35. The van der Waals surface area contributed by atoms with Crippen LogP contribution in [-0.2, 0) is 6.42 Å². The van der Waals surface area contributed by atoms with Crippen molar-refractivity contribution in [2.45, 2.75) is 6.42 Å². The van der Waals surface area contributed by atoms with Crippen molar-refractivity contribution in [3.63, 3.8) is 0 Å². The molecule has 1 nitrogen and oxygen atoms in total. The quantitative estimate of drug-likeness (QED) is 0.717. The monoisotopic (exact) mass is 260 g/mol. The van der Waals surface area contributed by atoms with Crippen LogP contribution in [0, 0.1) is 0 Å². The SMILES string of the molecule is Oc1c(C/C=C/c2ccccc2)ccc2ccccc12. The smallest absolute Gasteiger partial charge is 0.126 e. The Morgan fingerprint density at radius 2 is 1.55 bits per heavy atom. The Bertz CT molecular complexity index is 742. The molecule has 3 aromatic carbocycles. The van der Waals surface area contributed by atoms with Gasteiger partial charge in [-0.1, -0.05) is 78.9 Å². The molecule has 0 heterocycles. The second-order valence-corrected chi connectivity index (χ2v) is 4.81. The van der Waals surface area contributed by atoms with Crippen molar-refractivity contribution in [2.24, 2.45) is 0 Å². The van der Waals surface area contributed by atoms with Crippen LogP contribution in [0.15, 0.2) is 72.8 Å². The van der Waals surface area contributed by atoms with Crippen molar-refractivity contribution in [2.75, 3.05) is 0 Å². The van der Waals surface area contributed by atoms with E-state index in [1.807, 2.05) is 48.5 Å². The summed E-state index contributed by atoms with van der Waals surface area (Å²) in [5, 5.41) is 12.3. The fraction of sp³-hybridized carbons (Fsp3) is 0.0526. The Labute approximate surface area is 118 Å². The first-order chi connectivity index (χ1) is 9.84. The molecular weight excluding hydrogens is 244 g/mol. The highest BCUT2D eigenvalue weighted by Gasteiger charge is 2.04. The number of benzene rings is 3. The van der Waals surface area contributed by atoms with Crippen molar-refractivity contribution in [1.82, 2.24) is 0 Å². The zero-order chi connectivity index (χ0) is 13.8. The maximum Gasteiger partial charge on any atom is 0.126 e. The molecule has 0 saturated heterocycles. The Balaban J connectivity index is 1.85. The van der Waals surface area contributed by atoms with Crippen LogP contribution in [0.4, 0.5) is 0 Å². The first kappa shape index (κ1) is 12.5. The lowest BCUT2D eigenvalue weighted by Crippen LogP contribution is -1.84. The van der Waals surface area contributed by atoms with Crippen molar-refractivity contribution < 1.29 is 5.11 Å². The Hall–Kier alpha value is -2.54. The average molecular weight is 260 g/mol. The Morgan fingerprint density at radius 3 is 2.40 bits per heavy atom. The summed E-state index contributed by atoms with van der Waals surface area (Å²) in [4.78, 5) is 0. The molecule has 0 bridgehead atoms. The molecule has 0 aromatic heterocycles. The molecule has 1 N–H and O–H groups in total. The molecule has 0 saturated carbocycles. The van der Waals surface area contributed by atoms with Gasteiger partial charge in [-0.05, 0) is 22.9 Å². The van der Waals surface area contributed by atoms with Crippen LogP contribution in [0.5, 0.6) is 5.75 Å². The van der Waals surface area contributed by atoms with Crippen molar-refractivity contribution in [1.29, 1.82) is 0 Å². The van der Waals surface area contributed by atoms with E-state index < -0.39 is 0 Å². The number of phenols is 1. The summed E-state index contributed by atoms with van der Waals surface area (Å²) in [6.07, 6.45) is 4.89. The maximum absolute atomic E-state index is 10.3. The Morgan fingerprint density at radius 1 is 0.800 bits per heavy atom.